The molecule has 0 radical (unpaired) electrons. The summed E-state index contributed by atoms with van der Waals surface area (Å²) in [6.45, 7) is 1.23. The average molecular weight is 273 g/mol. The Morgan fingerprint density at radius 3 is 2.70 bits per heavy atom. The van der Waals surface area contributed by atoms with Crippen molar-refractivity contribution in [3.05, 3.63) is 47.5 Å². The van der Waals surface area contributed by atoms with Crippen LogP contribution in [0.2, 0.25) is 0 Å². The Morgan fingerprint density at radius 2 is 2.05 bits per heavy atom. The highest BCUT2D eigenvalue weighted by atomic mass is 16.1. The van der Waals surface area contributed by atoms with Gasteiger partial charge < -0.3 is 11.1 Å². The number of carbonyl (C=O) groups is 1. The Kier molecular flexibility index (Phi) is 5.25. The van der Waals surface area contributed by atoms with E-state index in [1.807, 2.05) is 24.3 Å². The van der Waals surface area contributed by atoms with Crippen LogP contribution in [0.3, 0.4) is 0 Å². The van der Waals surface area contributed by atoms with Gasteiger partial charge in [-0.25, -0.2) is 4.98 Å². The number of nitrogens with two attached hydrogens (primary N) is 1. The van der Waals surface area contributed by atoms with Gasteiger partial charge in [0.05, 0.1) is 0 Å². The topological polar surface area (TPSA) is 96.7 Å². The zero-order valence-corrected chi connectivity index (χ0v) is 11.3. The monoisotopic (exact) mass is 273 g/mol. The fraction of sp³-hybridized carbons (Fsp3) is 0.357. The normalized spacial score (nSPS) is 10.4. The summed E-state index contributed by atoms with van der Waals surface area (Å²) in [5.41, 5.74) is 7.31. The number of aromatic amines is 1. The second-order valence-electron chi connectivity index (χ2n) is 4.53. The number of rotatable bonds is 7. The van der Waals surface area contributed by atoms with Crippen molar-refractivity contribution in [1.82, 2.24) is 20.5 Å². The van der Waals surface area contributed by atoms with Crippen LogP contribution in [0.1, 0.15) is 28.2 Å². The van der Waals surface area contributed by atoms with E-state index in [4.69, 9.17) is 5.73 Å². The van der Waals surface area contributed by atoms with Crippen LogP contribution in [0, 0.1) is 0 Å². The van der Waals surface area contributed by atoms with Gasteiger partial charge in [0.2, 0.25) is 0 Å². The van der Waals surface area contributed by atoms with Crippen molar-refractivity contribution in [2.75, 3.05) is 13.1 Å². The molecule has 4 N–H and O–H groups in total. The molecule has 20 heavy (non-hydrogen) atoms. The standard InChI is InChI=1S/C14H19N5O/c15-8-7-11-3-5-12(6-4-11)14(20)16-9-1-2-13-17-10-18-19-13/h3-6,10H,1-2,7-9,15H2,(H,16,20)(H,17,18,19). The number of hydrogen-bond donors (Lipinski definition) is 3. The quantitative estimate of drug-likeness (QED) is 0.646. The zero-order chi connectivity index (χ0) is 14.2. The first-order valence-electron chi connectivity index (χ1n) is 6.71. The first-order valence-corrected chi connectivity index (χ1v) is 6.71. The lowest BCUT2D eigenvalue weighted by molar-refractivity contribution is 0.0953. The van der Waals surface area contributed by atoms with Crippen molar-refractivity contribution in [3.63, 3.8) is 0 Å². The maximum Gasteiger partial charge on any atom is 0.251 e. The molecule has 6 nitrogen and oxygen atoms in total. The molecular formula is C14H19N5O. The van der Waals surface area contributed by atoms with Gasteiger partial charge in [-0.1, -0.05) is 12.1 Å². The molecule has 1 amide bonds. The van der Waals surface area contributed by atoms with Crippen LogP contribution in [-0.2, 0) is 12.8 Å². The SMILES string of the molecule is NCCc1ccc(C(=O)NCCCc2ncn[nH]2)cc1. The van der Waals surface area contributed by atoms with Gasteiger partial charge in [0.25, 0.3) is 5.91 Å². The molecule has 0 bridgehead atoms. The second-order valence-corrected chi connectivity index (χ2v) is 4.53. The summed E-state index contributed by atoms with van der Waals surface area (Å²) >= 11 is 0. The molecule has 0 aliphatic rings. The largest absolute Gasteiger partial charge is 0.352 e. The molecule has 1 aromatic carbocycles. The van der Waals surface area contributed by atoms with E-state index in [0.29, 0.717) is 18.7 Å². The third-order valence-electron chi connectivity index (χ3n) is 2.99. The van der Waals surface area contributed by atoms with Gasteiger partial charge in [0, 0.05) is 18.5 Å². The van der Waals surface area contributed by atoms with Gasteiger partial charge in [0.1, 0.15) is 12.2 Å². The minimum Gasteiger partial charge on any atom is -0.352 e. The Morgan fingerprint density at radius 1 is 1.25 bits per heavy atom. The van der Waals surface area contributed by atoms with Gasteiger partial charge in [0.15, 0.2) is 0 Å². The maximum atomic E-state index is 11.9. The third-order valence-corrected chi connectivity index (χ3v) is 2.99. The molecule has 1 heterocycles. The van der Waals surface area contributed by atoms with Crippen molar-refractivity contribution in [2.24, 2.45) is 5.73 Å². The summed E-state index contributed by atoms with van der Waals surface area (Å²) < 4.78 is 0. The number of aryl methyl sites for hydroxylation is 1. The molecule has 0 aliphatic heterocycles. The first-order chi connectivity index (χ1) is 9.79. The molecule has 0 aliphatic carbocycles. The fourth-order valence-corrected chi connectivity index (χ4v) is 1.90. The predicted octanol–water partition coefficient (Wildman–Crippen LogP) is 0.668. The fourth-order valence-electron chi connectivity index (χ4n) is 1.90. The van der Waals surface area contributed by atoms with Gasteiger partial charge in [-0.2, -0.15) is 5.10 Å². The summed E-state index contributed by atoms with van der Waals surface area (Å²) in [5, 5.41) is 9.45. The minimum atomic E-state index is -0.0538. The number of hydrogen-bond acceptors (Lipinski definition) is 4. The number of nitrogens with one attached hydrogen (secondary N) is 2. The van der Waals surface area contributed by atoms with Gasteiger partial charge >= 0.3 is 0 Å². The lowest BCUT2D eigenvalue weighted by atomic mass is 10.1. The Balaban J connectivity index is 1.73. The first kappa shape index (κ1) is 14.2. The van der Waals surface area contributed by atoms with Crippen LogP contribution in [-0.4, -0.2) is 34.2 Å². The maximum absolute atomic E-state index is 11.9. The van der Waals surface area contributed by atoms with Crippen molar-refractivity contribution in [2.45, 2.75) is 19.3 Å². The van der Waals surface area contributed by atoms with E-state index in [9.17, 15) is 4.79 Å². The third kappa shape index (κ3) is 4.17. The molecular weight excluding hydrogens is 254 g/mol. The van der Waals surface area contributed by atoms with Crippen molar-refractivity contribution < 1.29 is 4.79 Å². The van der Waals surface area contributed by atoms with E-state index in [2.05, 4.69) is 20.5 Å². The van der Waals surface area contributed by atoms with Crippen LogP contribution in [0.15, 0.2) is 30.6 Å². The number of benzene rings is 1. The Labute approximate surface area is 117 Å². The molecule has 0 saturated heterocycles. The van der Waals surface area contributed by atoms with Crippen molar-refractivity contribution >= 4 is 5.91 Å². The molecule has 106 valence electrons. The molecule has 0 fully saturated rings. The highest BCUT2D eigenvalue weighted by Crippen LogP contribution is 2.05. The van der Waals surface area contributed by atoms with E-state index in [-0.39, 0.29) is 5.91 Å². The van der Waals surface area contributed by atoms with E-state index < -0.39 is 0 Å². The predicted molar refractivity (Wildman–Crippen MR) is 76.2 cm³/mol. The summed E-state index contributed by atoms with van der Waals surface area (Å²) in [6, 6.07) is 7.54. The van der Waals surface area contributed by atoms with Gasteiger partial charge in [-0.05, 0) is 37.1 Å². The van der Waals surface area contributed by atoms with E-state index in [1.165, 1.54) is 6.33 Å². The van der Waals surface area contributed by atoms with Crippen LogP contribution in [0.5, 0.6) is 0 Å². The summed E-state index contributed by atoms with van der Waals surface area (Å²) in [5.74, 6) is 0.784. The molecule has 0 spiro atoms. The molecule has 2 rings (SSSR count). The van der Waals surface area contributed by atoms with Crippen molar-refractivity contribution in [3.8, 4) is 0 Å². The Hall–Kier alpha value is -2.21. The summed E-state index contributed by atoms with van der Waals surface area (Å²) in [6.07, 6.45) is 3.91. The number of aromatic nitrogens is 3. The van der Waals surface area contributed by atoms with Gasteiger partial charge in [-0.15, -0.1) is 0 Å². The highest BCUT2D eigenvalue weighted by Gasteiger charge is 2.04. The smallest absolute Gasteiger partial charge is 0.251 e. The second kappa shape index (κ2) is 7.40. The highest BCUT2D eigenvalue weighted by molar-refractivity contribution is 5.94. The molecule has 6 heteroatoms. The van der Waals surface area contributed by atoms with Crippen molar-refractivity contribution in [1.29, 1.82) is 0 Å². The molecule has 1 aromatic heterocycles. The zero-order valence-electron chi connectivity index (χ0n) is 11.3. The van der Waals surface area contributed by atoms with E-state index in [1.54, 1.807) is 0 Å². The van der Waals surface area contributed by atoms with E-state index >= 15 is 0 Å². The molecule has 0 atom stereocenters. The van der Waals surface area contributed by atoms with Crippen LogP contribution in [0.25, 0.3) is 0 Å². The summed E-state index contributed by atoms with van der Waals surface area (Å²) in [7, 11) is 0. The average Bonchev–Trinajstić information content (AvgIpc) is 2.98. The number of amides is 1. The number of nitrogens with zero attached hydrogens (tertiary/aromatic N) is 2. The lowest BCUT2D eigenvalue weighted by Crippen LogP contribution is -2.24. The van der Waals surface area contributed by atoms with Crippen LogP contribution < -0.4 is 11.1 Å². The number of H-pyrrole nitrogens is 1. The van der Waals surface area contributed by atoms with Crippen LogP contribution >= 0.6 is 0 Å². The van der Waals surface area contributed by atoms with E-state index in [0.717, 1.165) is 30.7 Å². The summed E-state index contributed by atoms with van der Waals surface area (Å²) in [4.78, 5) is 15.9. The molecule has 0 saturated carbocycles. The molecule has 2 aromatic rings. The lowest BCUT2D eigenvalue weighted by Gasteiger charge is -2.05. The Bertz CT molecular complexity index is 521. The molecule has 0 unspecified atom stereocenters. The number of carbonyl (C=O) groups excluding carboxylic acids is 1. The van der Waals surface area contributed by atoms with Crippen LogP contribution in [0.4, 0.5) is 0 Å². The minimum absolute atomic E-state index is 0.0538. The van der Waals surface area contributed by atoms with Gasteiger partial charge in [-0.3, -0.25) is 9.89 Å².